The fourth-order valence-corrected chi connectivity index (χ4v) is 5.27. The van der Waals surface area contributed by atoms with Gasteiger partial charge in [-0.25, -0.2) is 0 Å². The van der Waals surface area contributed by atoms with Crippen LogP contribution in [-0.4, -0.2) is 14.4 Å². The Morgan fingerprint density at radius 3 is 2.71 bits per heavy atom. The third-order valence-electron chi connectivity index (χ3n) is 3.66. The van der Waals surface area contributed by atoms with Gasteiger partial charge in [-0.3, -0.25) is 0 Å². The van der Waals surface area contributed by atoms with Crippen LogP contribution in [0.2, 0.25) is 12.1 Å². The van der Waals surface area contributed by atoms with E-state index in [1.54, 1.807) is 0 Å². The van der Waals surface area contributed by atoms with Crippen LogP contribution in [-0.2, 0) is 0 Å². The Kier molecular flexibility index (Phi) is 3.98. The number of fused-ring (bicyclic) bond motifs is 2. The Morgan fingerprint density at radius 2 is 2.14 bits per heavy atom. The molecule has 2 aliphatic carbocycles. The van der Waals surface area contributed by atoms with Crippen LogP contribution < -0.4 is 0 Å². The Morgan fingerprint density at radius 1 is 1.29 bits per heavy atom. The SMILES string of the molecule is ClC(Cl)C[SiH2]CCC1CC2C=CC1C2. The van der Waals surface area contributed by atoms with Crippen LogP contribution in [0.5, 0.6) is 0 Å². The van der Waals surface area contributed by atoms with Crippen LogP contribution in [0.25, 0.3) is 0 Å². The smallest absolute Gasteiger partial charge is 0.105 e. The fraction of sp³-hybridized carbons (Fsp3) is 0.818. The normalized spacial score (nSPS) is 35.5. The summed E-state index contributed by atoms with van der Waals surface area (Å²) < 4.78 is 0. The van der Waals surface area contributed by atoms with Crippen LogP contribution in [0.1, 0.15) is 19.3 Å². The van der Waals surface area contributed by atoms with E-state index in [9.17, 15) is 0 Å². The highest BCUT2D eigenvalue weighted by Gasteiger charge is 2.34. The molecule has 0 aliphatic heterocycles. The predicted octanol–water partition coefficient (Wildman–Crippen LogP) is 3.40. The van der Waals surface area contributed by atoms with Crippen LogP contribution in [0.3, 0.4) is 0 Å². The molecule has 2 bridgehead atoms. The van der Waals surface area contributed by atoms with Gasteiger partial charge in [0.25, 0.3) is 0 Å². The maximum atomic E-state index is 5.73. The monoisotopic (exact) mass is 248 g/mol. The number of hydrogen-bond acceptors (Lipinski definition) is 0. The first-order chi connectivity index (χ1) is 6.75. The number of halogens is 2. The summed E-state index contributed by atoms with van der Waals surface area (Å²) in [6, 6.07) is 2.54. The zero-order valence-electron chi connectivity index (χ0n) is 8.46. The standard InChI is InChI=1S/C11H18Cl2Si/c12-11(13)7-14-4-3-10-6-8-1-2-9(10)5-8/h1-2,8-11H,3-7,14H2. The summed E-state index contributed by atoms with van der Waals surface area (Å²) in [6.45, 7) is 0. The molecule has 0 radical (unpaired) electrons. The Labute approximate surface area is 98.9 Å². The van der Waals surface area contributed by atoms with E-state index in [2.05, 4.69) is 12.2 Å². The minimum Gasteiger partial charge on any atom is -0.106 e. The first-order valence-electron chi connectivity index (χ1n) is 5.72. The van der Waals surface area contributed by atoms with Gasteiger partial charge in [-0.1, -0.05) is 24.6 Å². The van der Waals surface area contributed by atoms with Gasteiger partial charge in [-0.15, -0.1) is 23.2 Å². The van der Waals surface area contributed by atoms with Crippen LogP contribution in [0.4, 0.5) is 0 Å². The number of rotatable bonds is 5. The van der Waals surface area contributed by atoms with Gasteiger partial charge in [-0.2, -0.15) is 0 Å². The minimum atomic E-state index is -0.0957. The summed E-state index contributed by atoms with van der Waals surface area (Å²) >= 11 is 11.5. The van der Waals surface area contributed by atoms with Crippen LogP contribution in [0, 0.1) is 17.8 Å². The summed E-state index contributed by atoms with van der Waals surface area (Å²) in [5.74, 6) is 2.86. The molecule has 3 atom stereocenters. The molecule has 0 aromatic heterocycles. The molecule has 0 nitrogen and oxygen atoms in total. The largest absolute Gasteiger partial charge is 0.106 e. The summed E-state index contributed by atoms with van der Waals surface area (Å²) in [4.78, 5) is -0.0957. The average Bonchev–Trinajstić information content (AvgIpc) is 2.73. The zero-order chi connectivity index (χ0) is 9.97. The lowest BCUT2D eigenvalue weighted by Gasteiger charge is -2.17. The van der Waals surface area contributed by atoms with Gasteiger partial charge in [0.15, 0.2) is 0 Å². The molecule has 3 unspecified atom stereocenters. The molecule has 0 aromatic rings. The van der Waals surface area contributed by atoms with Gasteiger partial charge >= 0.3 is 0 Å². The minimum absolute atomic E-state index is 0.0267. The van der Waals surface area contributed by atoms with E-state index in [4.69, 9.17) is 23.2 Å². The molecule has 0 heterocycles. The van der Waals surface area contributed by atoms with E-state index >= 15 is 0 Å². The van der Waals surface area contributed by atoms with Crippen molar-refractivity contribution in [2.45, 2.75) is 36.2 Å². The molecular weight excluding hydrogens is 231 g/mol. The van der Waals surface area contributed by atoms with Crippen molar-refractivity contribution in [2.24, 2.45) is 17.8 Å². The van der Waals surface area contributed by atoms with Gasteiger partial charge in [0.05, 0.1) is 0 Å². The first kappa shape index (κ1) is 11.0. The summed E-state index contributed by atoms with van der Waals surface area (Å²) in [5, 5.41) is 0. The van der Waals surface area contributed by atoms with Crippen LogP contribution >= 0.6 is 23.2 Å². The second-order valence-corrected chi connectivity index (χ2v) is 7.98. The summed E-state index contributed by atoms with van der Waals surface area (Å²) in [7, 11) is 0.0267. The third-order valence-corrected chi connectivity index (χ3v) is 6.73. The van der Waals surface area contributed by atoms with Crippen LogP contribution in [0.15, 0.2) is 12.2 Å². The average molecular weight is 249 g/mol. The summed E-state index contributed by atoms with van der Waals surface area (Å²) in [6.07, 6.45) is 9.22. The highest BCUT2D eigenvalue weighted by atomic mass is 35.5. The van der Waals surface area contributed by atoms with Gasteiger partial charge in [0.2, 0.25) is 0 Å². The molecule has 0 N–H and O–H groups in total. The molecule has 80 valence electrons. The topological polar surface area (TPSA) is 0 Å². The quantitative estimate of drug-likeness (QED) is 0.303. The highest BCUT2D eigenvalue weighted by molar-refractivity contribution is 6.49. The molecule has 2 rings (SSSR count). The highest BCUT2D eigenvalue weighted by Crippen LogP contribution is 2.45. The molecule has 3 heteroatoms. The molecule has 14 heavy (non-hydrogen) atoms. The molecule has 0 amide bonds. The molecule has 0 spiro atoms. The van der Waals surface area contributed by atoms with Crippen molar-refractivity contribution >= 4 is 32.7 Å². The maximum absolute atomic E-state index is 5.73. The van der Waals surface area contributed by atoms with Gasteiger partial charge in [0.1, 0.15) is 4.84 Å². The van der Waals surface area contributed by atoms with Gasteiger partial charge in [-0.05, 0) is 36.6 Å². The van der Waals surface area contributed by atoms with Crippen molar-refractivity contribution in [2.75, 3.05) is 0 Å². The predicted molar refractivity (Wildman–Crippen MR) is 67.1 cm³/mol. The van der Waals surface area contributed by atoms with E-state index in [1.807, 2.05) is 0 Å². The van der Waals surface area contributed by atoms with E-state index in [0.717, 1.165) is 23.8 Å². The van der Waals surface area contributed by atoms with E-state index in [0.29, 0.717) is 0 Å². The van der Waals surface area contributed by atoms with Crippen molar-refractivity contribution in [1.29, 1.82) is 0 Å². The van der Waals surface area contributed by atoms with Gasteiger partial charge in [0, 0.05) is 9.52 Å². The van der Waals surface area contributed by atoms with Crippen molar-refractivity contribution in [3.63, 3.8) is 0 Å². The van der Waals surface area contributed by atoms with Crippen molar-refractivity contribution in [1.82, 2.24) is 0 Å². The molecule has 0 aromatic carbocycles. The lowest BCUT2D eigenvalue weighted by molar-refractivity contribution is 0.433. The van der Waals surface area contributed by atoms with Crippen molar-refractivity contribution in [3.05, 3.63) is 12.2 Å². The molecule has 0 saturated heterocycles. The zero-order valence-corrected chi connectivity index (χ0v) is 11.4. The van der Waals surface area contributed by atoms with Crippen molar-refractivity contribution in [3.8, 4) is 0 Å². The Hall–Kier alpha value is 0.537. The lowest BCUT2D eigenvalue weighted by Crippen LogP contribution is -2.08. The number of allylic oxidation sites excluding steroid dienone is 2. The molecule has 1 saturated carbocycles. The van der Waals surface area contributed by atoms with Crippen molar-refractivity contribution < 1.29 is 0 Å². The van der Waals surface area contributed by atoms with E-state index < -0.39 is 0 Å². The second-order valence-electron chi connectivity index (χ2n) is 4.72. The van der Waals surface area contributed by atoms with Gasteiger partial charge < -0.3 is 0 Å². The van der Waals surface area contributed by atoms with E-state index in [1.165, 1.54) is 25.3 Å². The summed E-state index contributed by atoms with van der Waals surface area (Å²) in [5.41, 5.74) is 0. The number of hydrogen-bond donors (Lipinski definition) is 0. The second kappa shape index (κ2) is 5.04. The first-order valence-corrected chi connectivity index (χ1v) is 8.59. The molecular formula is C11H18Cl2Si. The third kappa shape index (κ3) is 2.77. The Bertz CT molecular complexity index is 215. The molecule has 2 aliphatic rings. The fourth-order valence-electron chi connectivity index (χ4n) is 2.93. The Balaban J connectivity index is 1.61. The van der Waals surface area contributed by atoms with E-state index in [-0.39, 0.29) is 14.4 Å². The maximum Gasteiger partial charge on any atom is 0.105 e. The lowest BCUT2D eigenvalue weighted by atomic mass is 9.91. The number of alkyl halides is 2. The molecule has 1 fully saturated rings.